The van der Waals surface area contributed by atoms with E-state index < -0.39 is 60.0 Å². The van der Waals surface area contributed by atoms with Crippen molar-refractivity contribution in [2.45, 2.75) is 105 Å². The zero-order valence-corrected chi connectivity index (χ0v) is 53.3. The smallest absolute Gasteiger partial charge is 0.445 e. The van der Waals surface area contributed by atoms with Crippen molar-refractivity contribution in [3.8, 4) is 5.75 Å². The van der Waals surface area contributed by atoms with Crippen molar-refractivity contribution in [2.75, 3.05) is 85.3 Å². The molecule has 498 valence electrons. The highest BCUT2D eigenvalue weighted by molar-refractivity contribution is 6.16. The monoisotopic (exact) mass is 1290 g/mol. The highest BCUT2D eigenvalue weighted by Crippen LogP contribution is 2.53. The number of anilines is 1. The third kappa shape index (κ3) is 17.9. The zero-order valence-electron chi connectivity index (χ0n) is 53.3. The minimum absolute atomic E-state index is 0.00806. The maximum Gasteiger partial charge on any atom is 0.533 e. The first kappa shape index (κ1) is 68.1. The SMILES string of the molecule is Cc1c2ccncc2c(C)c2c1[nH]c1ccc(OC(=O)N(C)CCN(C)C(=O)OCc3ccc(NC(=O)[C@H](CCCNC(N)=O)CC(=O)[C@@H](NC(=O)COCCOCCOCCn4nnc5c4CC[C@H]4[C@@H](CC5)[C@H]4COC(=O)ON4C(=O)CCC4=O)C(C)C)cc3)cc12. The minimum Gasteiger partial charge on any atom is -0.445 e. The molecule has 2 aliphatic carbocycles. The molecule has 0 bridgehead atoms. The molecule has 0 spiro atoms. The van der Waals surface area contributed by atoms with Crippen LogP contribution in [0, 0.1) is 43.4 Å². The molecule has 0 unspecified atom stereocenters. The van der Waals surface area contributed by atoms with E-state index in [2.05, 4.69) is 50.1 Å². The highest BCUT2D eigenvalue weighted by Gasteiger charge is 2.51. The highest BCUT2D eigenvalue weighted by atomic mass is 16.8. The van der Waals surface area contributed by atoms with E-state index in [0.29, 0.717) is 60.1 Å². The van der Waals surface area contributed by atoms with Crippen molar-refractivity contribution >= 4 is 92.1 Å². The molecule has 5 atom stereocenters. The number of ether oxygens (including phenoxy) is 6. The summed E-state index contributed by atoms with van der Waals surface area (Å²) in [6, 6.07) is 12.5. The molecule has 0 radical (unpaired) electrons. The number of aromatic nitrogens is 5. The molecule has 3 aliphatic rings. The number of aryl methyl sites for hydroxylation is 3. The number of nitrogens with two attached hydrogens (primary N) is 1. The fourth-order valence-electron chi connectivity index (χ4n) is 12.1. The number of primary amides is 1. The number of rotatable bonds is 31. The maximum atomic E-state index is 13.9. The molecule has 1 aliphatic heterocycles. The van der Waals surface area contributed by atoms with E-state index in [4.69, 9.17) is 39.0 Å². The first-order valence-corrected chi connectivity index (χ1v) is 31.4. The number of Topliss-reactive ketones (excluding diaryl/α,β-unsaturated/α-hetero) is 1. The Balaban J connectivity index is 0.641. The Morgan fingerprint density at radius 1 is 0.796 bits per heavy atom. The molecule has 2 fully saturated rings. The number of hydrogen-bond donors (Lipinski definition) is 5. The van der Waals surface area contributed by atoms with Gasteiger partial charge in [0.15, 0.2) is 5.78 Å². The van der Waals surface area contributed by atoms with Crippen molar-refractivity contribution < 1.29 is 76.4 Å². The van der Waals surface area contributed by atoms with Gasteiger partial charge in [-0.05, 0) is 135 Å². The van der Waals surface area contributed by atoms with Gasteiger partial charge in [0.25, 0.3) is 11.8 Å². The second-order valence-electron chi connectivity index (χ2n) is 24.1. The van der Waals surface area contributed by atoms with E-state index in [1.165, 1.54) is 9.80 Å². The van der Waals surface area contributed by atoms with Crippen LogP contribution in [0.25, 0.3) is 32.6 Å². The fraction of sp³-hybridized carbons (Fsp3) is 0.508. The van der Waals surface area contributed by atoms with Crippen molar-refractivity contribution in [1.82, 2.24) is 50.5 Å². The summed E-state index contributed by atoms with van der Waals surface area (Å²) in [4.78, 5) is 129. The standard InChI is InChI=1S/C65H82N12O16/c1-38(2)59(71-55(79)37-89-31-30-88-29-28-87-27-26-76-53-18-15-47-46(14-17-52(53)72-73-76)50(47)36-91-65(86)93-77-56(80)19-20-57(77)81)54(78)32-42(8-7-22-68-62(66)83)61(82)69-43-11-9-41(10-12-43)35-90-63(84)74(5)24-25-75(6)64(85)92-44-13-16-51-48(33-44)58-39(3)49-34-67-23-21-45(49)40(4)60(58)70-51/h9-13,16,21,23,33-34,38,42,46-47,50,59,70H,7-8,14-15,17-20,22,24-32,35-37H2,1-6H3,(H,69,82)(H,71,79)(H3,66,68,83)/t42-,46-,47+,50-,59+/m1/s1. The van der Waals surface area contributed by atoms with E-state index in [0.717, 1.165) is 80.8 Å². The normalized spacial score (nSPS) is 16.6. The molecule has 3 aromatic carbocycles. The largest absolute Gasteiger partial charge is 0.533 e. The molecule has 93 heavy (non-hydrogen) atoms. The van der Waals surface area contributed by atoms with Gasteiger partial charge in [-0.25, -0.2) is 23.9 Å². The third-order valence-electron chi connectivity index (χ3n) is 17.4. The summed E-state index contributed by atoms with van der Waals surface area (Å²) in [6.07, 6.45) is 4.96. The summed E-state index contributed by atoms with van der Waals surface area (Å²) in [6.45, 7) is 9.67. The van der Waals surface area contributed by atoms with Crippen LogP contribution in [0.5, 0.6) is 5.75 Å². The van der Waals surface area contributed by atoms with E-state index >= 15 is 0 Å². The summed E-state index contributed by atoms with van der Waals surface area (Å²) < 4.78 is 35.4. The van der Waals surface area contributed by atoms with Crippen LogP contribution in [0.15, 0.2) is 60.9 Å². The van der Waals surface area contributed by atoms with Gasteiger partial charge >= 0.3 is 24.4 Å². The lowest BCUT2D eigenvalue weighted by atomic mass is 9.89. The molecule has 3 aromatic heterocycles. The fourth-order valence-corrected chi connectivity index (χ4v) is 12.1. The van der Waals surface area contributed by atoms with Crippen molar-refractivity contribution in [3.05, 3.63) is 89.0 Å². The number of pyridine rings is 1. The van der Waals surface area contributed by atoms with Gasteiger partial charge in [-0.1, -0.05) is 36.3 Å². The molecule has 6 N–H and O–H groups in total. The molecule has 1 saturated carbocycles. The maximum absolute atomic E-state index is 13.9. The van der Waals surface area contributed by atoms with Crippen LogP contribution >= 0.6 is 0 Å². The van der Waals surface area contributed by atoms with Gasteiger partial charge in [-0.15, -0.1) is 5.10 Å². The first-order valence-electron chi connectivity index (χ1n) is 31.4. The number of urea groups is 1. The quantitative estimate of drug-likeness (QED) is 0.0174. The van der Waals surface area contributed by atoms with Crippen LogP contribution in [0.1, 0.15) is 86.9 Å². The van der Waals surface area contributed by atoms with Crippen molar-refractivity contribution in [3.63, 3.8) is 0 Å². The van der Waals surface area contributed by atoms with Gasteiger partial charge < -0.3 is 64.9 Å². The average Bonchev–Trinajstić information content (AvgIpc) is 1.64. The Morgan fingerprint density at radius 2 is 1.49 bits per heavy atom. The number of H-pyrrole nitrogens is 1. The second-order valence-corrected chi connectivity index (χ2v) is 24.1. The molecular formula is C65H82N12O16. The predicted octanol–water partition coefficient (Wildman–Crippen LogP) is 6.59. The average molecular weight is 1290 g/mol. The number of carbonyl (C=O) groups is 9. The van der Waals surface area contributed by atoms with Crippen molar-refractivity contribution in [2.24, 2.45) is 35.3 Å². The Morgan fingerprint density at radius 3 is 2.22 bits per heavy atom. The number of imide groups is 1. The third-order valence-corrected chi connectivity index (χ3v) is 17.4. The van der Waals surface area contributed by atoms with Gasteiger partial charge in [0.1, 0.15) is 19.0 Å². The molecule has 6 aromatic rings. The molecule has 4 heterocycles. The number of nitrogens with one attached hydrogen (secondary N) is 4. The number of ketones is 1. The molecule has 28 nitrogen and oxygen atoms in total. The van der Waals surface area contributed by atoms with E-state index in [1.54, 1.807) is 64.5 Å². The van der Waals surface area contributed by atoms with Gasteiger partial charge in [-0.3, -0.25) is 33.8 Å². The number of fused-ring (bicyclic) bond motifs is 6. The van der Waals surface area contributed by atoms with Crippen molar-refractivity contribution in [1.29, 1.82) is 0 Å². The number of aromatic amines is 1. The Bertz CT molecular complexity index is 3690. The zero-order chi connectivity index (χ0) is 66.3. The lowest BCUT2D eigenvalue weighted by Crippen LogP contribution is -2.47. The summed E-state index contributed by atoms with van der Waals surface area (Å²) in [5, 5.41) is 21.5. The molecule has 9 rings (SSSR count). The van der Waals surface area contributed by atoms with Crippen LogP contribution in [0.4, 0.5) is 24.9 Å². The molecule has 8 amide bonds. The second kappa shape index (κ2) is 31.8. The van der Waals surface area contributed by atoms with Crippen LogP contribution in [0.2, 0.25) is 0 Å². The summed E-state index contributed by atoms with van der Waals surface area (Å²) in [5.74, 6) is -2.36. The van der Waals surface area contributed by atoms with Crippen LogP contribution in [-0.4, -0.2) is 180 Å². The number of amides is 8. The van der Waals surface area contributed by atoms with Crippen LogP contribution < -0.4 is 26.4 Å². The number of likely N-dealkylation sites (N-methyl/N-ethyl adjacent to an activating group) is 2. The molecule has 28 heteroatoms. The van der Waals surface area contributed by atoms with Crippen LogP contribution in [0.3, 0.4) is 0 Å². The van der Waals surface area contributed by atoms with E-state index in [-0.39, 0.29) is 103 Å². The van der Waals surface area contributed by atoms with Gasteiger partial charge in [-0.2, -0.15) is 0 Å². The minimum atomic E-state index is -1.06. The van der Waals surface area contributed by atoms with Crippen LogP contribution in [-0.2, 0) is 78.5 Å². The first-order chi connectivity index (χ1) is 44.7. The molecule has 1 saturated heterocycles. The molecular weight excluding hydrogens is 1200 g/mol. The summed E-state index contributed by atoms with van der Waals surface area (Å²) in [7, 11) is 3.14. The lowest BCUT2D eigenvalue weighted by molar-refractivity contribution is -0.177. The lowest BCUT2D eigenvalue weighted by Gasteiger charge is -2.24. The predicted molar refractivity (Wildman–Crippen MR) is 337 cm³/mol. The number of benzene rings is 3. The Kier molecular flexibility index (Phi) is 23.3. The number of carbonyl (C=O) groups excluding carboxylic acids is 9. The van der Waals surface area contributed by atoms with E-state index in [9.17, 15) is 43.2 Å². The summed E-state index contributed by atoms with van der Waals surface area (Å²) >= 11 is 0. The van der Waals surface area contributed by atoms with Gasteiger partial charge in [0.2, 0.25) is 11.8 Å². The van der Waals surface area contributed by atoms with Gasteiger partial charge in [0, 0.05) is 98.7 Å². The Hall–Kier alpha value is -9.28. The topological polar surface area (TPSA) is 349 Å². The Labute approximate surface area is 537 Å². The number of hydrogen-bond acceptors (Lipinski definition) is 19. The van der Waals surface area contributed by atoms with E-state index in [1.807, 2.05) is 29.1 Å². The number of nitrogens with zero attached hydrogens (tertiary/aromatic N) is 7. The number of hydroxylamine groups is 2. The van der Waals surface area contributed by atoms with Gasteiger partial charge in [0.05, 0.1) is 69.1 Å². The summed E-state index contributed by atoms with van der Waals surface area (Å²) in [5.41, 5.74) is 12.4.